The van der Waals surface area contributed by atoms with E-state index >= 15 is 0 Å². The molecule has 0 radical (unpaired) electrons. The summed E-state index contributed by atoms with van der Waals surface area (Å²) < 4.78 is 41.3. The van der Waals surface area contributed by atoms with E-state index in [0.29, 0.717) is 25.5 Å². The molecule has 0 spiro atoms. The fraction of sp³-hybridized carbons (Fsp3) is 0.538. The van der Waals surface area contributed by atoms with Crippen LogP contribution in [0, 0.1) is 0 Å². The molecule has 0 bridgehead atoms. The highest BCUT2D eigenvalue weighted by Crippen LogP contribution is 2.36. The van der Waals surface area contributed by atoms with Crippen molar-refractivity contribution in [3.8, 4) is 0 Å². The van der Waals surface area contributed by atoms with Crippen molar-refractivity contribution in [2.45, 2.75) is 19.6 Å². The number of aromatic nitrogens is 3. The van der Waals surface area contributed by atoms with Crippen molar-refractivity contribution in [3.05, 3.63) is 17.8 Å². The van der Waals surface area contributed by atoms with Gasteiger partial charge >= 0.3 is 6.18 Å². The van der Waals surface area contributed by atoms with Crippen LogP contribution in [0.15, 0.2) is 12.3 Å². The molecule has 0 saturated carbocycles. The first-order valence-corrected chi connectivity index (χ1v) is 6.90. The summed E-state index contributed by atoms with van der Waals surface area (Å²) in [4.78, 5) is 6.17. The molecule has 0 unspecified atom stereocenters. The molecule has 0 amide bonds. The van der Waals surface area contributed by atoms with E-state index in [1.807, 2.05) is 11.8 Å². The van der Waals surface area contributed by atoms with E-state index in [1.54, 1.807) is 0 Å². The highest BCUT2D eigenvalue weighted by atomic mass is 19.4. The second-order valence-corrected chi connectivity index (χ2v) is 4.98. The number of hydrogen-bond acceptors (Lipinski definition) is 4. The number of alkyl halides is 3. The fourth-order valence-corrected chi connectivity index (χ4v) is 2.48. The van der Waals surface area contributed by atoms with Crippen LogP contribution in [0.5, 0.6) is 0 Å². The number of hydrogen-bond donors (Lipinski definition) is 1. The zero-order valence-corrected chi connectivity index (χ0v) is 11.6. The van der Waals surface area contributed by atoms with Gasteiger partial charge in [0, 0.05) is 38.9 Å². The van der Waals surface area contributed by atoms with Crippen LogP contribution in [-0.4, -0.2) is 40.9 Å². The molecule has 1 aliphatic heterocycles. The van der Waals surface area contributed by atoms with Gasteiger partial charge in [-0.15, -0.1) is 0 Å². The number of nitrogens with one attached hydrogen (secondary N) is 1. The minimum atomic E-state index is -4.41. The molecule has 0 aliphatic carbocycles. The molecule has 1 saturated heterocycles. The first-order chi connectivity index (χ1) is 9.99. The molecular weight excluding hydrogens is 283 g/mol. The molecule has 8 heteroatoms. The molecule has 1 aliphatic rings. The third-order valence-electron chi connectivity index (χ3n) is 3.60. The molecule has 21 heavy (non-hydrogen) atoms. The Bertz CT molecular complexity index is 643. The minimum absolute atomic E-state index is 0.0586. The number of aryl methyl sites for hydroxylation is 1. The van der Waals surface area contributed by atoms with Crippen molar-refractivity contribution in [2.24, 2.45) is 0 Å². The number of anilines is 1. The van der Waals surface area contributed by atoms with Gasteiger partial charge in [0.15, 0.2) is 5.65 Å². The van der Waals surface area contributed by atoms with Crippen molar-refractivity contribution >= 4 is 16.9 Å². The number of nitrogens with zero attached hydrogens (tertiary/aromatic N) is 4. The van der Waals surface area contributed by atoms with Crippen LogP contribution in [0.25, 0.3) is 11.0 Å². The number of pyridine rings is 1. The fourth-order valence-electron chi connectivity index (χ4n) is 2.48. The Hall–Kier alpha value is -1.83. The van der Waals surface area contributed by atoms with Gasteiger partial charge < -0.3 is 10.2 Å². The van der Waals surface area contributed by atoms with Crippen LogP contribution in [0.2, 0.25) is 0 Å². The van der Waals surface area contributed by atoms with Gasteiger partial charge in [-0.2, -0.15) is 18.3 Å². The summed E-state index contributed by atoms with van der Waals surface area (Å²) in [6, 6.07) is 1.13. The van der Waals surface area contributed by atoms with Gasteiger partial charge in [0.2, 0.25) is 0 Å². The van der Waals surface area contributed by atoms with E-state index in [4.69, 9.17) is 0 Å². The topological polar surface area (TPSA) is 46.0 Å². The molecule has 2 aromatic rings. The van der Waals surface area contributed by atoms with Crippen molar-refractivity contribution in [1.29, 1.82) is 0 Å². The summed E-state index contributed by atoms with van der Waals surface area (Å²) >= 11 is 0. The molecule has 0 aromatic carbocycles. The molecule has 3 rings (SSSR count). The van der Waals surface area contributed by atoms with Gasteiger partial charge in [0.1, 0.15) is 5.82 Å². The van der Waals surface area contributed by atoms with Gasteiger partial charge in [-0.05, 0) is 13.0 Å². The predicted octanol–water partition coefficient (Wildman–Crippen LogP) is 1.88. The van der Waals surface area contributed by atoms with E-state index in [0.717, 1.165) is 19.2 Å². The molecule has 3 heterocycles. The van der Waals surface area contributed by atoms with Crippen LogP contribution in [-0.2, 0) is 12.7 Å². The Morgan fingerprint density at radius 1 is 1.29 bits per heavy atom. The van der Waals surface area contributed by atoms with Crippen LogP contribution in [0.1, 0.15) is 12.5 Å². The Balaban J connectivity index is 2.13. The van der Waals surface area contributed by atoms with Gasteiger partial charge in [-0.25, -0.2) is 4.98 Å². The maximum absolute atomic E-state index is 13.3. The average molecular weight is 299 g/mol. The average Bonchev–Trinajstić information content (AvgIpc) is 2.89. The lowest BCUT2D eigenvalue weighted by atomic mass is 10.1. The molecule has 114 valence electrons. The number of rotatable bonds is 2. The van der Waals surface area contributed by atoms with E-state index in [2.05, 4.69) is 15.4 Å². The Labute approximate surface area is 119 Å². The SMILES string of the molecule is CCn1cc2c(C(F)(F)F)cc(N3CCNCC3)nc2n1. The summed E-state index contributed by atoms with van der Waals surface area (Å²) in [5.41, 5.74) is -0.513. The van der Waals surface area contributed by atoms with Crippen LogP contribution >= 0.6 is 0 Å². The summed E-state index contributed by atoms with van der Waals surface area (Å²) in [7, 11) is 0. The lowest BCUT2D eigenvalue weighted by Crippen LogP contribution is -2.44. The zero-order chi connectivity index (χ0) is 15.0. The van der Waals surface area contributed by atoms with Gasteiger partial charge in [0.05, 0.1) is 10.9 Å². The number of piperazine rings is 1. The molecule has 5 nitrogen and oxygen atoms in total. The smallest absolute Gasteiger partial charge is 0.354 e. The largest absolute Gasteiger partial charge is 0.417 e. The highest BCUT2D eigenvalue weighted by molar-refractivity contribution is 5.81. The van der Waals surface area contributed by atoms with Crippen molar-refractivity contribution < 1.29 is 13.2 Å². The predicted molar refractivity (Wildman–Crippen MR) is 73.3 cm³/mol. The van der Waals surface area contributed by atoms with Gasteiger partial charge in [0.25, 0.3) is 0 Å². The van der Waals surface area contributed by atoms with Crippen LogP contribution in [0.3, 0.4) is 0 Å². The standard InChI is InChI=1S/C13H16F3N5/c1-2-21-8-9-10(13(14,15)16)7-11(18-12(9)19-21)20-5-3-17-4-6-20/h7-8,17H,2-6H2,1H3. The van der Waals surface area contributed by atoms with Gasteiger partial charge in [-0.3, -0.25) is 4.68 Å². The summed E-state index contributed by atoms with van der Waals surface area (Å²) in [5, 5.41) is 7.35. The minimum Gasteiger partial charge on any atom is -0.354 e. The summed E-state index contributed by atoms with van der Waals surface area (Å²) in [6.07, 6.45) is -3.00. The van der Waals surface area contributed by atoms with E-state index in [1.165, 1.54) is 10.9 Å². The quantitative estimate of drug-likeness (QED) is 0.920. The third kappa shape index (κ3) is 2.67. The summed E-state index contributed by atoms with van der Waals surface area (Å²) in [5.74, 6) is 0.345. The molecule has 1 N–H and O–H groups in total. The van der Waals surface area contributed by atoms with Gasteiger partial charge in [-0.1, -0.05) is 0 Å². The van der Waals surface area contributed by atoms with Crippen LogP contribution < -0.4 is 10.2 Å². The van der Waals surface area contributed by atoms with E-state index in [-0.39, 0.29) is 11.0 Å². The van der Waals surface area contributed by atoms with E-state index < -0.39 is 11.7 Å². The molecule has 0 atom stereocenters. The number of fused-ring (bicyclic) bond motifs is 1. The third-order valence-corrected chi connectivity index (χ3v) is 3.60. The molecule has 1 fully saturated rings. The first kappa shape index (κ1) is 14.1. The maximum atomic E-state index is 13.3. The van der Waals surface area contributed by atoms with Crippen molar-refractivity contribution in [3.63, 3.8) is 0 Å². The molecular formula is C13H16F3N5. The van der Waals surface area contributed by atoms with E-state index in [9.17, 15) is 13.2 Å². The lowest BCUT2D eigenvalue weighted by molar-refractivity contribution is -0.136. The number of halogens is 3. The summed E-state index contributed by atoms with van der Waals surface area (Å²) in [6.45, 7) is 5.11. The van der Waals surface area contributed by atoms with Crippen LogP contribution in [0.4, 0.5) is 19.0 Å². The zero-order valence-electron chi connectivity index (χ0n) is 11.6. The normalized spacial score (nSPS) is 16.7. The maximum Gasteiger partial charge on any atom is 0.417 e. The second kappa shape index (κ2) is 5.18. The highest BCUT2D eigenvalue weighted by Gasteiger charge is 2.35. The Morgan fingerprint density at radius 2 is 2.00 bits per heavy atom. The Kier molecular flexibility index (Phi) is 3.48. The monoisotopic (exact) mass is 299 g/mol. The first-order valence-electron chi connectivity index (χ1n) is 6.90. The second-order valence-electron chi connectivity index (χ2n) is 4.98. The Morgan fingerprint density at radius 3 is 2.62 bits per heavy atom. The lowest BCUT2D eigenvalue weighted by Gasteiger charge is -2.28. The van der Waals surface area contributed by atoms with Crippen molar-refractivity contribution in [1.82, 2.24) is 20.1 Å². The van der Waals surface area contributed by atoms with Crippen molar-refractivity contribution in [2.75, 3.05) is 31.1 Å². The molecule has 2 aromatic heterocycles.